The maximum Gasteiger partial charge on any atom is 0.424 e. The number of hydrogen-bond acceptors (Lipinski definition) is 4. The molecular weight excluding hydrogens is 196 g/mol. The van der Waals surface area contributed by atoms with Gasteiger partial charge in [0.2, 0.25) is 5.89 Å². The normalized spacial score (nSPS) is 10.2. The number of benzene rings is 1. The van der Waals surface area contributed by atoms with Crippen LogP contribution in [-0.4, -0.2) is 9.55 Å². The molecule has 5 nitrogen and oxygen atoms in total. The molecule has 5 heteroatoms. The molecule has 0 radical (unpaired) electrons. The quantitative estimate of drug-likeness (QED) is 0.674. The van der Waals surface area contributed by atoms with Crippen molar-refractivity contribution in [1.82, 2.24) is 9.55 Å². The second-order valence-electron chi connectivity index (χ2n) is 2.99. The van der Waals surface area contributed by atoms with Crippen molar-refractivity contribution in [3.63, 3.8) is 0 Å². The van der Waals surface area contributed by atoms with E-state index in [0.29, 0.717) is 5.56 Å². The number of rotatable bonds is 1. The lowest BCUT2D eigenvalue weighted by atomic mass is 10.2. The molecule has 0 fully saturated rings. The first-order valence-electron chi connectivity index (χ1n) is 4.32. The van der Waals surface area contributed by atoms with Gasteiger partial charge in [0.1, 0.15) is 0 Å². The maximum atomic E-state index is 11.2. The highest BCUT2D eigenvalue weighted by Crippen LogP contribution is 2.12. The van der Waals surface area contributed by atoms with Crippen LogP contribution in [0.15, 0.2) is 44.3 Å². The lowest BCUT2D eigenvalue weighted by Crippen LogP contribution is -2.32. The molecule has 0 spiro atoms. The summed E-state index contributed by atoms with van der Waals surface area (Å²) >= 11 is 0. The Morgan fingerprint density at radius 3 is 2.47 bits per heavy atom. The molecule has 1 aromatic carbocycles. The van der Waals surface area contributed by atoms with Gasteiger partial charge in [0.15, 0.2) is 0 Å². The van der Waals surface area contributed by atoms with Crippen LogP contribution in [0.2, 0.25) is 0 Å². The van der Waals surface area contributed by atoms with Crippen LogP contribution in [-0.2, 0) is 7.05 Å². The minimum atomic E-state index is -0.714. The molecule has 15 heavy (non-hydrogen) atoms. The molecule has 0 atom stereocenters. The topological polar surface area (TPSA) is 65.1 Å². The lowest BCUT2D eigenvalue weighted by molar-refractivity contribution is 0.431. The van der Waals surface area contributed by atoms with Gasteiger partial charge in [0, 0.05) is 12.6 Å². The third kappa shape index (κ3) is 1.71. The molecule has 0 aliphatic rings. The van der Waals surface area contributed by atoms with Gasteiger partial charge in [0.05, 0.1) is 0 Å². The van der Waals surface area contributed by atoms with Crippen molar-refractivity contribution in [2.45, 2.75) is 0 Å². The van der Waals surface area contributed by atoms with E-state index in [4.69, 9.17) is 4.42 Å². The van der Waals surface area contributed by atoms with E-state index in [-0.39, 0.29) is 5.89 Å². The summed E-state index contributed by atoms with van der Waals surface area (Å²) in [7, 11) is 1.32. The molecule has 0 bridgehead atoms. The molecule has 0 N–H and O–H groups in total. The summed E-state index contributed by atoms with van der Waals surface area (Å²) in [4.78, 5) is 26.1. The zero-order valence-corrected chi connectivity index (χ0v) is 8.01. The van der Waals surface area contributed by atoms with Crippen LogP contribution in [0.1, 0.15) is 0 Å². The third-order valence-electron chi connectivity index (χ3n) is 1.96. The van der Waals surface area contributed by atoms with Crippen LogP contribution < -0.4 is 11.4 Å². The summed E-state index contributed by atoms with van der Waals surface area (Å²) in [6.45, 7) is 0. The Kier molecular flexibility index (Phi) is 2.21. The summed E-state index contributed by atoms with van der Waals surface area (Å²) in [5.74, 6) is -0.669. The van der Waals surface area contributed by atoms with Crippen LogP contribution >= 0.6 is 0 Å². The van der Waals surface area contributed by atoms with Crippen LogP contribution in [0.4, 0.5) is 0 Å². The van der Waals surface area contributed by atoms with E-state index in [2.05, 4.69) is 4.98 Å². The van der Waals surface area contributed by atoms with E-state index in [1.165, 1.54) is 7.05 Å². The summed E-state index contributed by atoms with van der Waals surface area (Å²) < 4.78 is 5.68. The lowest BCUT2D eigenvalue weighted by Gasteiger charge is -1.98. The molecule has 0 saturated heterocycles. The molecule has 2 aromatic rings. The Balaban J connectivity index is 2.67. The zero-order valence-electron chi connectivity index (χ0n) is 8.01. The van der Waals surface area contributed by atoms with Crippen LogP contribution in [0.5, 0.6) is 0 Å². The molecule has 1 heterocycles. The van der Waals surface area contributed by atoms with E-state index in [1.807, 2.05) is 6.07 Å². The van der Waals surface area contributed by atoms with Gasteiger partial charge >= 0.3 is 11.4 Å². The number of hydrogen-bond donors (Lipinski definition) is 0. The summed E-state index contributed by atoms with van der Waals surface area (Å²) in [5, 5.41) is 0. The summed E-state index contributed by atoms with van der Waals surface area (Å²) in [6.07, 6.45) is 0. The standard InChI is InChI=1S/C10H8N2O3/c1-12-9(13)11-8(15-10(12)14)7-5-3-2-4-6-7/h2-6H,1H3. The Morgan fingerprint density at radius 1 is 1.20 bits per heavy atom. The van der Waals surface area contributed by atoms with Gasteiger partial charge in [0.25, 0.3) is 0 Å². The predicted molar refractivity (Wildman–Crippen MR) is 53.5 cm³/mol. The monoisotopic (exact) mass is 204 g/mol. The van der Waals surface area contributed by atoms with Crippen LogP contribution in [0, 0.1) is 0 Å². The first-order chi connectivity index (χ1) is 7.18. The average molecular weight is 204 g/mol. The Hall–Kier alpha value is -2.17. The Labute approximate surface area is 84.6 Å². The summed E-state index contributed by atoms with van der Waals surface area (Å²) in [5.41, 5.74) is -0.0163. The van der Waals surface area contributed by atoms with Gasteiger partial charge < -0.3 is 4.42 Å². The second kappa shape index (κ2) is 3.53. The number of nitrogens with zero attached hydrogens (tertiary/aromatic N) is 2. The van der Waals surface area contributed by atoms with Crippen molar-refractivity contribution in [2.24, 2.45) is 7.05 Å². The van der Waals surface area contributed by atoms with E-state index >= 15 is 0 Å². The fourth-order valence-electron chi connectivity index (χ4n) is 1.12. The van der Waals surface area contributed by atoms with Crippen molar-refractivity contribution in [3.8, 4) is 11.5 Å². The fourth-order valence-corrected chi connectivity index (χ4v) is 1.12. The fraction of sp³-hybridized carbons (Fsp3) is 0.100. The molecule has 2 rings (SSSR count). The average Bonchev–Trinajstić information content (AvgIpc) is 2.26. The van der Waals surface area contributed by atoms with Crippen molar-refractivity contribution in [3.05, 3.63) is 51.4 Å². The Morgan fingerprint density at radius 2 is 1.87 bits per heavy atom. The largest absolute Gasteiger partial charge is 0.424 e. The van der Waals surface area contributed by atoms with Crippen molar-refractivity contribution < 1.29 is 4.42 Å². The van der Waals surface area contributed by atoms with E-state index in [1.54, 1.807) is 24.3 Å². The molecule has 0 saturated carbocycles. The first-order valence-corrected chi connectivity index (χ1v) is 4.32. The minimum Gasteiger partial charge on any atom is -0.390 e. The third-order valence-corrected chi connectivity index (χ3v) is 1.96. The van der Waals surface area contributed by atoms with Crippen LogP contribution in [0.3, 0.4) is 0 Å². The molecule has 0 amide bonds. The van der Waals surface area contributed by atoms with Crippen molar-refractivity contribution >= 4 is 0 Å². The molecule has 0 aliphatic heterocycles. The van der Waals surface area contributed by atoms with Gasteiger partial charge in [-0.3, -0.25) is 0 Å². The molecule has 0 aliphatic carbocycles. The van der Waals surface area contributed by atoms with E-state index < -0.39 is 11.4 Å². The van der Waals surface area contributed by atoms with Gasteiger partial charge in [-0.25, -0.2) is 14.2 Å². The molecular formula is C10H8N2O3. The van der Waals surface area contributed by atoms with Crippen LogP contribution in [0.25, 0.3) is 11.5 Å². The maximum absolute atomic E-state index is 11.2. The Bertz CT molecular complexity index is 552. The van der Waals surface area contributed by atoms with E-state index in [0.717, 1.165) is 4.57 Å². The molecule has 0 unspecified atom stereocenters. The molecule has 76 valence electrons. The highest BCUT2D eigenvalue weighted by Gasteiger charge is 2.06. The van der Waals surface area contributed by atoms with Gasteiger partial charge in [-0.1, -0.05) is 18.2 Å². The molecule has 1 aromatic heterocycles. The van der Waals surface area contributed by atoms with Gasteiger partial charge in [-0.05, 0) is 12.1 Å². The van der Waals surface area contributed by atoms with Gasteiger partial charge in [-0.2, -0.15) is 4.98 Å². The minimum absolute atomic E-state index is 0.0451. The SMILES string of the molecule is Cn1c(=O)nc(-c2ccccc2)oc1=O. The zero-order chi connectivity index (χ0) is 10.8. The van der Waals surface area contributed by atoms with Crippen molar-refractivity contribution in [1.29, 1.82) is 0 Å². The summed E-state index contributed by atoms with van der Waals surface area (Å²) in [6, 6.07) is 8.79. The smallest absolute Gasteiger partial charge is 0.390 e. The number of aromatic nitrogens is 2. The highest BCUT2D eigenvalue weighted by atomic mass is 16.4. The van der Waals surface area contributed by atoms with Gasteiger partial charge in [-0.15, -0.1) is 0 Å². The van der Waals surface area contributed by atoms with E-state index in [9.17, 15) is 9.59 Å². The predicted octanol–water partition coefficient (Wildman–Crippen LogP) is 0.400. The first kappa shape index (κ1) is 9.39. The second-order valence-corrected chi connectivity index (χ2v) is 2.99. The van der Waals surface area contributed by atoms with Crippen molar-refractivity contribution in [2.75, 3.05) is 0 Å². The highest BCUT2D eigenvalue weighted by molar-refractivity contribution is 5.51.